The molecule has 2 atom stereocenters. The molecule has 1 heteroatoms. The van der Waals surface area contributed by atoms with Crippen LogP contribution >= 0.6 is 0 Å². The molecule has 0 aliphatic rings. The number of hydrogen-bond donors (Lipinski definition) is 1. The van der Waals surface area contributed by atoms with Gasteiger partial charge in [0.1, 0.15) is 0 Å². The highest BCUT2D eigenvalue weighted by Gasteiger charge is 2.13. The molecule has 0 heterocycles. The van der Waals surface area contributed by atoms with Crippen LogP contribution in [-0.4, -0.2) is 5.11 Å². The molecule has 1 N–H and O–H groups in total. The van der Waals surface area contributed by atoms with Gasteiger partial charge in [0.25, 0.3) is 0 Å². The van der Waals surface area contributed by atoms with Crippen molar-refractivity contribution in [1.29, 1.82) is 0 Å². The van der Waals surface area contributed by atoms with Crippen LogP contribution in [0, 0.1) is 12.8 Å². The van der Waals surface area contributed by atoms with Crippen molar-refractivity contribution < 1.29 is 5.11 Å². The SMILES string of the molecule is [CH2]C(CC)C(O)c1ccccc1. The van der Waals surface area contributed by atoms with Crippen molar-refractivity contribution in [1.82, 2.24) is 0 Å². The molecule has 1 radical (unpaired) electrons. The predicted octanol–water partition coefficient (Wildman–Crippen LogP) is 2.58. The van der Waals surface area contributed by atoms with E-state index in [1.54, 1.807) is 0 Å². The Morgan fingerprint density at radius 1 is 1.33 bits per heavy atom. The van der Waals surface area contributed by atoms with Gasteiger partial charge in [-0.15, -0.1) is 0 Å². The van der Waals surface area contributed by atoms with E-state index in [9.17, 15) is 5.11 Å². The van der Waals surface area contributed by atoms with Crippen LogP contribution in [0.3, 0.4) is 0 Å². The summed E-state index contributed by atoms with van der Waals surface area (Å²) < 4.78 is 0. The van der Waals surface area contributed by atoms with Crippen molar-refractivity contribution in [2.24, 2.45) is 5.92 Å². The highest BCUT2D eigenvalue weighted by Crippen LogP contribution is 2.22. The van der Waals surface area contributed by atoms with Gasteiger partial charge in [-0.05, 0) is 18.4 Å². The van der Waals surface area contributed by atoms with Crippen molar-refractivity contribution in [2.75, 3.05) is 0 Å². The first kappa shape index (κ1) is 9.27. The second-order valence-corrected chi connectivity index (χ2v) is 3.02. The maximum atomic E-state index is 9.73. The molecule has 0 aromatic heterocycles. The van der Waals surface area contributed by atoms with E-state index in [0.717, 1.165) is 12.0 Å². The van der Waals surface area contributed by atoms with Crippen LogP contribution in [0.15, 0.2) is 30.3 Å². The van der Waals surface area contributed by atoms with Gasteiger partial charge in [0.2, 0.25) is 0 Å². The van der Waals surface area contributed by atoms with Gasteiger partial charge >= 0.3 is 0 Å². The highest BCUT2D eigenvalue weighted by molar-refractivity contribution is 5.18. The smallest absolute Gasteiger partial charge is 0.0818 e. The number of hydrogen-bond acceptors (Lipinski definition) is 1. The summed E-state index contributed by atoms with van der Waals surface area (Å²) in [5, 5.41) is 9.73. The van der Waals surface area contributed by atoms with Gasteiger partial charge in [0.15, 0.2) is 0 Å². The molecule has 1 rings (SSSR count). The maximum absolute atomic E-state index is 9.73. The average Bonchev–Trinajstić information content (AvgIpc) is 2.17. The summed E-state index contributed by atoms with van der Waals surface area (Å²) >= 11 is 0. The molecule has 0 saturated carbocycles. The van der Waals surface area contributed by atoms with E-state index in [4.69, 9.17) is 0 Å². The lowest BCUT2D eigenvalue weighted by Gasteiger charge is -2.16. The number of aliphatic hydroxyl groups is 1. The molecule has 1 nitrogen and oxygen atoms in total. The fourth-order valence-electron chi connectivity index (χ4n) is 1.15. The Bertz CT molecular complexity index is 218. The van der Waals surface area contributed by atoms with Gasteiger partial charge in [-0.25, -0.2) is 0 Å². The van der Waals surface area contributed by atoms with Crippen LogP contribution in [0.25, 0.3) is 0 Å². The minimum atomic E-state index is -0.420. The Morgan fingerprint density at radius 3 is 2.42 bits per heavy atom. The molecule has 0 amide bonds. The fourth-order valence-corrected chi connectivity index (χ4v) is 1.15. The topological polar surface area (TPSA) is 20.2 Å². The molecule has 2 unspecified atom stereocenters. The van der Waals surface area contributed by atoms with Crippen molar-refractivity contribution in [3.63, 3.8) is 0 Å². The van der Waals surface area contributed by atoms with Gasteiger partial charge < -0.3 is 5.11 Å². The third kappa shape index (κ3) is 2.08. The second kappa shape index (κ2) is 4.27. The zero-order valence-electron chi connectivity index (χ0n) is 7.40. The first-order valence-electron chi connectivity index (χ1n) is 4.31. The number of benzene rings is 1. The summed E-state index contributed by atoms with van der Waals surface area (Å²) in [5.74, 6) is 0.0902. The van der Waals surface area contributed by atoms with Crippen LogP contribution in [-0.2, 0) is 0 Å². The molecule has 0 aliphatic heterocycles. The maximum Gasteiger partial charge on any atom is 0.0818 e. The molecule has 65 valence electrons. The molecule has 0 saturated heterocycles. The minimum Gasteiger partial charge on any atom is -0.388 e. The Labute approximate surface area is 74.1 Å². The lowest BCUT2D eigenvalue weighted by atomic mass is 9.95. The molecular weight excluding hydrogens is 148 g/mol. The lowest BCUT2D eigenvalue weighted by molar-refractivity contribution is 0.128. The zero-order chi connectivity index (χ0) is 8.97. The first-order valence-corrected chi connectivity index (χ1v) is 4.31. The van der Waals surface area contributed by atoms with Crippen molar-refractivity contribution in [2.45, 2.75) is 19.4 Å². The monoisotopic (exact) mass is 163 g/mol. The number of aliphatic hydroxyl groups excluding tert-OH is 1. The molecule has 0 fully saturated rings. The molecule has 1 aromatic carbocycles. The van der Waals surface area contributed by atoms with Crippen molar-refractivity contribution in [3.8, 4) is 0 Å². The van der Waals surface area contributed by atoms with E-state index >= 15 is 0 Å². The summed E-state index contributed by atoms with van der Waals surface area (Å²) in [5.41, 5.74) is 0.958. The lowest BCUT2D eigenvalue weighted by Crippen LogP contribution is -2.07. The van der Waals surface area contributed by atoms with Crippen molar-refractivity contribution in [3.05, 3.63) is 42.8 Å². The van der Waals surface area contributed by atoms with Gasteiger partial charge in [0.05, 0.1) is 6.10 Å². The fraction of sp³-hybridized carbons (Fsp3) is 0.364. The third-order valence-electron chi connectivity index (χ3n) is 2.11. The Balaban J connectivity index is 2.71. The van der Waals surface area contributed by atoms with E-state index in [0.29, 0.717) is 0 Å². The van der Waals surface area contributed by atoms with E-state index in [2.05, 4.69) is 6.92 Å². The zero-order valence-corrected chi connectivity index (χ0v) is 7.40. The highest BCUT2D eigenvalue weighted by atomic mass is 16.3. The third-order valence-corrected chi connectivity index (χ3v) is 2.11. The number of rotatable bonds is 3. The molecule has 0 aliphatic carbocycles. The largest absolute Gasteiger partial charge is 0.388 e. The average molecular weight is 163 g/mol. The molecule has 0 bridgehead atoms. The van der Waals surface area contributed by atoms with Crippen LogP contribution in [0.1, 0.15) is 25.0 Å². The summed E-state index contributed by atoms with van der Waals surface area (Å²) in [6.45, 7) is 5.91. The molecular formula is C11H15O. The minimum absolute atomic E-state index is 0.0902. The van der Waals surface area contributed by atoms with Gasteiger partial charge in [-0.3, -0.25) is 0 Å². The van der Waals surface area contributed by atoms with E-state index in [-0.39, 0.29) is 5.92 Å². The summed E-state index contributed by atoms with van der Waals surface area (Å²) in [7, 11) is 0. The van der Waals surface area contributed by atoms with Crippen molar-refractivity contribution >= 4 is 0 Å². The molecule has 0 spiro atoms. The Hall–Kier alpha value is -0.820. The van der Waals surface area contributed by atoms with Gasteiger partial charge in [0, 0.05) is 0 Å². The predicted molar refractivity (Wildman–Crippen MR) is 50.5 cm³/mol. The van der Waals surface area contributed by atoms with Gasteiger partial charge in [-0.1, -0.05) is 43.7 Å². The quantitative estimate of drug-likeness (QED) is 0.726. The Kier molecular flexibility index (Phi) is 3.30. The summed E-state index contributed by atoms with van der Waals surface area (Å²) in [6.07, 6.45) is 0.479. The van der Waals surface area contributed by atoms with E-state index in [1.165, 1.54) is 0 Å². The summed E-state index contributed by atoms with van der Waals surface area (Å²) in [6, 6.07) is 9.67. The van der Waals surface area contributed by atoms with Crippen LogP contribution in [0.4, 0.5) is 0 Å². The van der Waals surface area contributed by atoms with E-state index in [1.807, 2.05) is 37.3 Å². The first-order chi connectivity index (χ1) is 5.75. The summed E-state index contributed by atoms with van der Waals surface area (Å²) in [4.78, 5) is 0. The van der Waals surface area contributed by atoms with Crippen LogP contribution in [0.5, 0.6) is 0 Å². The standard InChI is InChI=1S/C11H15O/c1-3-9(2)11(12)10-7-5-4-6-8-10/h4-9,11-12H,2-3H2,1H3. The normalized spacial score (nSPS) is 15.6. The Morgan fingerprint density at radius 2 is 1.92 bits per heavy atom. The van der Waals surface area contributed by atoms with E-state index < -0.39 is 6.10 Å². The second-order valence-electron chi connectivity index (χ2n) is 3.02. The van der Waals surface area contributed by atoms with Crippen LogP contribution < -0.4 is 0 Å². The van der Waals surface area contributed by atoms with Crippen LogP contribution in [0.2, 0.25) is 0 Å². The molecule has 12 heavy (non-hydrogen) atoms. The van der Waals surface area contributed by atoms with Gasteiger partial charge in [-0.2, -0.15) is 0 Å². The molecule has 1 aromatic rings.